The van der Waals surface area contributed by atoms with Crippen LogP contribution in [-0.2, 0) is 16.1 Å². The molecule has 2 aromatic carbocycles. The summed E-state index contributed by atoms with van der Waals surface area (Å²) in [5.74, 6) is -0.991. The van der Waals surface area contributed by atoms with Crippen molar-refractivity contribution in [2.45, 2.75) is 52.9 Å². The standard InChI is InChI=1S/C25H29ClN2O3/c1-14-13-18-20(16-7-9-17(26)10-8-16)19(23(24(29)30)31-25(3,4)5)15(2)21-22(18)28(14)12-11-27(21)6/h7-10,13,23H,11-12H2,1-6H3,(H,29,30)/t23-/m0/s1. The predicted octanol–water partition coefficient (Wildman–Crippen LogP) is 5.97. The first kappa shape index (κ1) is 21.7. The van der Waals surface area contributed by atoms with Crippen LogP contribution < -0.4 is 4.90 Å². The van der Waals surface area contributed by atoms with E-state index in [1.807, 2.05) is 52.0 Å². The monoisotopic (exact) mass is 440 g/mol. The molecule has 0 unspecified atom stereocenters. The van der Waals surface area contributed by atoms with E-state index in [1.165, 1.54) is 5.69 Å². The molecule has 0 bridgehead atoms. The highest BCUT2D eigenvalue weighted by atomic mass is 35.5. The summed E-state index contributed by atoms with van der Waals surface area (Å²) in [5, 5.41) is 11.9. The van der Waals surface area contributed by atoms with Crippen molar-refractivity contribution in [1.29, 1.82) is 0 Å². The summed E-state index contributed by atoms with van der Waals surface area (Å²) in [6.45, 7) is 11.5. The highest BCUT2D eigenvalue weighted by molar-refractivity contribution is 6.30. The number of likely N-dealkylation sites (N-methyl/N-ethyl adjacent to an activating group) is 1. The van der Waals surface area contributed by atoms with Gasteiger partial charge >= 0.3 is 5.97 Å². The number of hydrogen-bond acceptors (Lipinski definition) is 3. The third-order valence-electron chi connectivity index (χ3n) is 5.96. The number of aliphatic carboxylic acids is 1. The molecule has 164 valence electrons. The summed E-state index contributed by atoms with van der Waals surface area (Å²) in [5.41, 5.74) is 6.26. The van der Waals surface area contributed by atoms with Gasteiger partial charge in [-0.1, -0.05) is 23.7 Å². The first-order valence-corrected chi connectivity index (χ1v) is 10.9. The highest BCUT2D eigenvalue weighted by Crippen LogP contribution is 2.47. The number of ether oxygens (including phenoxy) is 1. The molecule has 2 heterocycles. The molecular weight excluding hydrogens is 412 g/mol. The molecule has 4 rings (SSSR count). The second kappa shape index (κ2) is 7.57. The highest BCUT2D eigenvalue weighted by Gasteiger charge is 2.35. The lowest BCUT2D eigenvalue weighted by Crippen LogP contribution is -2.31. The molecule has 31 heavy (non-hydrogen) atoms. The van der Waals surface area contributed by atoms with Gasteiger partial charge in [0.05, 0.1) is 16.8 Å². The lowest BCUT2D eigenvalue weighted by Gasteiger charge is -2.34. The molecule has 0 aliphatic carbocycles. The van der Waals surface area contributed by atoms with Gasteiger partial charge in [-0.3, -0.25) is 0 Å². The van der Waals surface area contributed by atoms with E-state index >= 15 is 0 Å². The Kier molecular flexibility index (Phi) is 5.31. The minimum absolute atomic E-state index is 0.618. The Morgan fingerprint density at radius 2 is 1.81 bits per heavy atom. The van der Waals surface area contributed by atoms with Crippen molar-refractivity contribution in [2.24, 2.45) is 0 Å². The van der Waals surface area contributed by atoms with Gasteiger partial charge in [0.15, 0.2) is 6.10 Å². The fraction of sp³-hybridized carbons (Fsp3) is 0.400. The predicted molar refractivity (Wildman–Crippen MR) is 126 cm³/mol. The maximum Gasteiger partial charge on any atom is 0.337 e. The van der Waals surface area contributed by atoms with E-state index in [4.69, 9.17) is 16.3 Å². The first-order chi connectivity index (χ1) is 14.5. The smallest absolute Gasteiger partial charge is 0.337 e. The van der Waals surface area contributed by atoms with E-state index in [0.717, 1.165) is 46.4 Å². The summed E-state index contributed by atoms with van der Waals surface area (Å²) < 4.78 is 8.47. The summed E-state index contributed by atoms with van der Waals surface area (Å²) in [6, 6.07) is 9.77. The zero-order chi connectivity index (χ0) is 22.7. The molecule has 0 amide bonds. The Labute approximate surface area is 188 Å². The van der Waals surface area contributed by atoms with Crippen LogP contribution in [0.4, 0.5) is 5.69 Å². The Hall–Kier alpha value is -2.50. The quantitative estimate of drug-likeness (QED) is 0.543. The Morgan fingerprint density at radius 3 is 2.39 bits per heavy atom. The average Bonchev–Trinajstić information content (AvgIpc) is 3.00. The number of aryl methyl sites for hydroxylation is 1. The van der Waals surface area contributed by atoms with E-state index in [2.05, 4.69) is 29.5 Å². The van der Waals surface area contributed by atoms with Gasteiger partial charge in [-0.25, -0.2) is 4.79 Å². The zero-order valence-electron chi connectivity index (χ0n) is 18.9. The van der Waals surface area contributed by atoms with Crippen LogP contribution >= 0.6 is 11.6 Å². The molecule has 6 heteroatoms. The SMILES string of the molecule is Cc1c([C@H](OC(C)(C)C)C(=O)O)c(-c2ccc(Cl)cc2)c2cc(C)n3c2c1N(C)CC3. The number of carboxylic acid groups (broad SMARTS) is 1. The van der Waals surface area contributed by atoms with Crippen LogP contribution in [-0.4, -0.2) is 34.8 Å². The minimum atomic E-state index is -1.09. The maximum atomic E-state index is 12.5. The molecular formula is C25H29ClN2O3. The van der Waals surface area contributed by atoms with Gasteiger partial charge in [-0.2, -0.15) is 0 Å². The number of carboxylic acids is 1. The van der Waals surface area contributed by atoms with Gasteiger partial charge in [0, 0.05) is 41.8 Å². The van der Waals surface area contributed by atoms with Crippen LogP contribution in [0.3, 0.4) is 0 Å². The van der Waals surface area contributed by atoms with Crippen LogP contribution in [0.2, 0.25) is 5.02 Å². The molecule has 0 fully saturated rings. The normalized spacial score (nSPS) is 14.9. The van der Waals surface area contributed by atoms with E-state index in [-0.39, 0.29) is 0 Å². The van der Waals surface area contributed by atoms with E-state index in [9.17, 15) is 9.90 Å². The molecule has 1 aliphatic rings. The number of nitrogens with zero attached hydrogens (tertiary/aromatic N) is 2. The van der Waals surface area contributed by atoms with Crippen LogP contribution in [0, 0.1) is 13.8 Å². The Bertz CT molecular complexity index is 1170. The molecule has 1 aromatic heterocycles. The van der Waals surface area contributed by atoms with Crippen LogP contribution in [0.5, 0.6) is 0 Å². The van der Waals surface area contributed by atoms with Crippen LogP contribution in [0.25, 0.3) is 22.0 Å². The second-order valence-electron chi connectivity index (χ2n) is 9.34. The fourth-order valence-corrected chi connectivity index (χ4v) is 4.85. The van der Waals surface area contributed by atoms with Crippen LogP contribution in [0.1, 0.15) is 43.7 Å². The molecule has 3 aromatic rings. The number of anilines is 1. The zero-order valence-corrected chi connectivity index (χ0v) is 19.7. The van der Waals surface area contributed by atoms with E-state index < -0.39 is 17.7 Å². The molecule has 0 spiro atoms. The Balaban J connectivity index is 2.16. The molecule has 5 nitrogen and oxygen atoms in total. The molecule has 1 atom stereocenters. The van der Waals surface area contributed by atoms with Crippen molar-refractivity contribution >= 4 is 34.2 Å². The summed E-state index contributed by atoms with van der Waals surface area (Å²) in [4.78, 5) is 14.7. The number of hydrogen-bond donors (Lipinski definition) is 1. The number of halogens is 1. The van der Waals surface area contributed by atoms with E-state index in [0.29, 0.717) is 10.6 Å². The number of benzene rings is 2. The second-order valence-corrected chi connectivity index (χ2v) is 9.78. The van der Waals surface area contributed by atoms with Gasteiger partial charge in [0.25, 0.3) is 0 Å². The van der Waals surface area contributed by atoms with Gasteiger partial charge in [-0.15, -0.1) is 0 Å². The minimum Gasteiger partial charge on any atom is -0.479 e. The van der Waals surface area contributed by atoms with Crippen molar-refractivity contribution in [2.75, 3.05) is 18.5 Å². The van der Waals surface area contributed by atoms with Gasteiger partial charge in [0.1, 0.15) is 0 Å². The average molecular weight is 441 g/mol. The summed E-state index contributed by atoms with van der Waals surface area (Å²) in [6.07, 6.45) is -1.09. The summed E-state index contributed by atoms with van der Waals surface area (Å²) in [7, 11) is 2.07. The number of rotatable bonds is 4. The largest absolute Gasteiger partial charge is 0.479 e. The topological polar surface area (TPSA) is 54.7 Å². The van der Waals surface area contributed by atoms with Crippen molar-refractivity contribution in [1.82, 2.24) is 4.57 Å². The fourth-order valence-electron chi connectivity index (χ4n) is 4.72. The molecule has 0 saturated heterocycles. The van der Waals surface area contributed by atoms with Crippen molar-refractivity contribution < 1.29 is 14.6 Å². The van der Waals surface area contributed by atoms with Gasteiger partial charge < -0.3 is 19.3 Å². The van der Waals surface area contributed by atoms with Crippen molar-refractivity contribution in [3.8, 4) is 11.1 Å². The first-order valence-electron chi connectivity index (χ1n) is 10.5. The van der Waals surface area contributed by atoms with Gasteiger partial charge in [-0.05, 0) is 69.5 Å². The molecule has 1 N–H and O–H groups in total. The third kappa shape index (κ3) is 3.70. The third-order valence-corrected chi connectivity index (χ3v) is 6.21. The molecule has 0 radical (unpaired) electrons. The van der Waals surface area contributed by atoms with Crippen molar-refractivity contribution in [3.63, 3.8) is 0 Å². The number of aromatic nitrogens is 1. The number of carbonyl (C=O) groups is 1. The lowest BCUT2D eigenvalue weighted by molar-refractivity contribution is -0.160. The van der Waals surface area contributed by atoms with Gasteiger partial charge in [0.2, 0.25) is 0 Å². The molecule has 0 saturated carbocycles. The Morgan fingerprint density at radius 1 is 1.16 bits per heavy atom. The van der Waals surface area contributed by atoms with Crippen LogP contribution in [0.15, 0.2) is 30.3 Å². The van der Waals surface area contributed by atoms with Crippen molar-refractivity contribution in [3.05, 3.63) is 52.2 Å². The van der Waals surface area contributed by atoms with E-state index in [1.54, 1.807) is 0 Å². The lowest BCUT2D eigenvalue weighted by atomic mass is 9.87. The molecule has 1 aliphatic heterocycles. The summed E-state index contributed by atoms with van der Waals surface area (Å²) >= 11 is 6.16. The maximum absolute atomic E-state index is 12.5.